The van der Waals surface area contributed by atoms with E-state index >= 15 is 0 Å². The summed E-state index contributed by atoms with van der Waals surface area (Å²) in [6.07, 6.45) is -0.0739. The SMILES string of the molecule is C(NCc1ccccc1)=C1CCNCC1.FC(F)(F)Oc1ccc(S)cc1. The zero-order valence-electron chi connectivity index (χ0n) is 14.8. The first-order valence-electron chi connectivity index (χ1n) is 8.63. The van der Waals surface area contributed by atoms with Crippen LogP contribution in [0.2, 0.25) is 0 Å². The van der Waals surface area contributed by atoms with E-state index in [1.165, 1.54) is 48.2 Å². The maximum absolute atomic E-state index is 11.6. The van der Waals surface area contributed by atoms with Gasteiger partial charge in [0.25, 0.3) is 0 Å². The van der Waals surface area contributed by atoms with Gasteiger partial charge in [0, 0.05) is 11.4 Å². The van der Waals surface area contributed by atoms with Crippen molar-refractivity contribution in [3.05, 3.63) is 71.9 Å². The zero-order valence-corrected chi connectivity index (χ0v) is 15.7. The smallest absolute Gasteiger partial charge is 0.406 e. The molecule has 1 saturated heterocycles. The summed E-state index contributed by atoms with van der Waals surface area (Å²) in [6.45, 7) is 3.18. The lowest BCUT2D eigenvalue weighted by molar-refractivity contribution is -0.274. The van der Waals surface area contributed by atoms with Crippen LogP contribution in [-0.4, -0.2) is 19.5 Å². The van der Waals surface area contributed by atoms with Crippen LogP contribution >= 0.6 is 12.6 Å². The molecule has 2 N–H and O–H groups in total. The van der Waals surface area contributed by atoms with Gasteiger partial charge in [0.1, 0.15) is 5.75 Å². The number of hydrogen-bond acceptors (Lipinski definition) is 4. The van der Waals surface area contributed by atoms with Crippen LogP contribution in [0.3, 0.4) is 0 Å². The van der Waals surface area contributed by atoms with E-state index in [-0.39, 0.29) is 5.75 Å². The van der Waals surface area contributed by atoms with E-state index in [1.807, 2.05) is 0 Å². The van der Waals surface area contributed by atoms with Gasteiger partial charge in [0.15, 0.2) is 0 Å². The Labute approximate surface area is 163 Å². The highest BCUT2D eigenvalue weighted by Crippen LogP contribution is 2.23. The summed E-state index contributed by atoms with van der Waals surface area (Å²) >= 11 is 3.91. The van der Waals surface area contributed by atoms with Crippen LogP contribution in [0.1, 0.15) is 18.4 Å². The number of hydrogen-bond donors (Lipinski definition) is 3. The van der Waals surface area contributed by atoms with Gasteiger partial charge in [0.2, 0.25) is 0 Å². The molecule has 1 fully saturated rings. The molecule has 0 aromatic heterocycles. The Balaban J connectivity index is 0.000000199. The second-order valence-corrected chi connectivity index (χ2v) is 6.48. The monoisotopic (exact) mass is 396 g/mol. The summed E-state index contributed by atoms with van der Waals surface area (Å²) in [5, 5.41) is 6.74. The second kappa shape index (κ2) is 10.9. The van der Waals surface area contributed by atoms with Crippen molar-refractivity contribution < 1.29 is 17.9 Å². The molecular formula is C20H23F3N2OS. The lowest BCUT2D eigenvalue weighted by Crippen LogP contribution is -2.24. The van der Waals surface area contributed by atoms with Crippen molar-refractivity contribution in [1.82, 2.24) is 10.6 Å². The van der Waals surface area contributed by atoms with Gasteiger partial charge in [-0.15, -0.1) is 25.8 Å². The standard InChI is InChI=1S/C13H18N2.C7H5F3OS/c1-2-4-12(5-3-1)10-15-11-13-6-8-14-9-7-13;8-7(9,10)11-5-1-3-6(12)4-2-5/h1-5,11,14-15H,6-10H2;1-4,12H. The predicted octanol–water partition coefficient (Wildman–Crippen LogP) is 4.92. The minimum atomic E-state index is -4.63. The fourth-order valence-electron chi connectivity index (χ4n) is 2.45. The molecule has 0 radical (unpaired) electrons. The van der Waals surface area contributed by atoms with Gasteiger partial charge in [-0.3, -0.25) is 0 Å². The number of nitrogens with one attached hydrogen (secondary N) is 2. The van der Waals surface area contributed by atoms with Crippen LogP contribution in [0.25, 0.3) is 0 Å². The van der Waals surface area contributed by atoms with Crippen LogP contribution in [0.15, 0.2) is 71.3 Å². The number of piperidine rings is 1. The summed E-state index contributed by atoms with van der Waals surface area (Å²) in [7, 11) is 0. The van der Waals surface area contributed by atoms with Crippen molar-refractivity contribution in [3.8, 4) is 5.75 Å². The topological polar surface area (TPSA) is 33.3 Å². The van der Waals surface area contributed by atoms with Crippen LogP contribution in [0.5, 0.6) is 5.75 Å². The Morgan fingerprint density at radius 2 is 1.63 bits per heavy atom. The van der Waals surface area contributed by atoms with Gasteiger partial charge in [-0.25, -0.2) is 0 Å². The molecule has 7 heteroatoms. The third-order valence-corrected chi connectivity index (χ3v) is 4.07. The molecule has 27 heavy (non-hydrogen) atoms. The molecule has 0 bridgehead atoms. The molecule has 2 aromatic rings. The van der Waals surface area contributed by atoms with E-state index in [1.54, 1.807) is 0 Å². The molecule has 0 atom stereocenters. The highest BCUT2D eigenvalue weighted by Gasteiger charge is 2.30. The van der Waals surface area contributed by atoms with E-state index in [0.29, 0.717) is 4.90 Å². The highest BCUT2D eigenvalue weighted by atomic mass is 32.1. The number of ether oxygens (including phenoxy) is 1. The molecule has 1 aliphatic heterocycles. The van der Waals surface area contributed by atoms with E-state index in [4.69, 9.17) is 0 Å². The fourth-order valence-corrected chi connectivity index (χ4v) is 2.60. The largest absolute Gasteiger partial charge is 0.573 e. The first kappa shape index (κ1) is 21.2. The minimum absolute atomic E-state index is 0.236. The molecule has 1 aliphatic rings. The number of halogens is 3. The maximum atomic E-state index is 11.6. The lowest BCUT2D eigenvalue weighted by Gasteiger charge is -2.15. The average molecular weight is 396 g/mol. The zero-order chi connectivity index (χ0) is 19.5. The molecule has 0 amide bonds. The number of benzene rings is 2. The van der Waals surface area contributed by atoms with Crippen molar-refractivity contribution >= 4 is 12.6 Å². The summed E-state index contributed by atoms with van der Waals surface area (Å²) in [5.41, 5.74) is 2.87. The first-order valence-corrected chi connectivity index (χ1v) is 9.08. The van der Waals surface area contributed by atoms with E-state index in [2.05, 4.69) is 64.5 Å². The second-order valence-electron chi connectivity index (χ2n) is 5.96. The Hall–Kier alpha value is -2.12. The van der Waals surface area contributed by atoms with Gasteiger partial charge in [-0.05, 0) is 62.0 Å². The average Bonchev–Trinajstić information content (AvgIpc) is 2.65. The number of thiol groups is 1. The Morgan fingerprint density at radius 1 is 1.00 bits per heavy atom. The highest BCUT2D eigenvalue weighted by molar-refractivity contribution is 7.80. The van der Waals surface area contributed by atoms with Crippen molar-refractivity contribution in [1.29, 1.82) is 0 Å². The van der Waals surface area contributed by atoms with Crippen molar-refractivity contribution in [2.45, 2.75) is 30.6 Å². The van der Waals surface area contributed by atoms with Gasteiger partial charge in [-0.1, -0.05) is 35.9 Å². The predicted molar refractivity (Wildman–Crippen MR) is 104 cm³/mol. The third-order valence-electron chi connectivity index (χ3n) is 3.77. The molecule has 0 aliphatic carbocycles. The van der Waals surface area contributed by atoms with Crippen molar-refractivity contribution in [3.63, 3.8) is 0 Å². The van der Waals surface area contributed by atoms with E-state index in [0.717, 1.165) is 19.6 Å². The summed E-state index contributed by atoms with van der Waals surface area (Å²) in [6, 6.07) is 15.8. The molecule has 146 valence electrons. The van der Waals surface area contributed by atoms with Gasteiger partial charge in [-0.2, -0.15) is 0 Å². The first-order chi connectivity index (χ1) is 12.9. The molecule has 3 nitrogen and oxygen atoms in total. The summed E-state index contributed by atoms with van der Waals surface area (Å²) < 4.78 is 38.4. The summed E-state index contributed by atoms with van der Waals surface area (Å²) in [4.78, 5) is 0.588. The number of alkyl halides is 3. The fraction of sp³-hybridized carbons (Fsp3) is 0.300. The molecule has 0 saturated carbocycles. The molecule has 3 rings (SSSR count). The molecule has 2 aromatic carbocycles. The maximum Gasteiger partial charge on any atom is 0.573 e. The summed E-state index contributed by atoms with van der Waals surface area (Å²) in [5.74, 6) is -0.236. The lowest BCUT2D eigenvalue weighted by atomic mass is 10.1. The molecule has 0 unspecified atom stereocenters. The normalized spacial score (nSPS) is 14.0. The van der Waals surface area contributed by atoms with Crippen LogP contribution in [-0.2, 0) is 6.54 Å². The van der Waals surface area contributed by atoms with Crippen molar-refractivity contribution in [2.24, 2.45) is 0 Å². The molecule has 0 spiro atoms. The minimum Gasteiger partial charge on any atom is -0.406 e. The van der Waals surface area contributed by atoms with Gasteiger partial charge in [0.05, 0.1) is 0 Å². The molecular weight excluding hydrogens is 373 g/mol. The van der Waals surface area contributed by atoms with Crippen LogP contribution < -0.4 is 15.4 Å². The van der Waals surface area contributed by atoms with E-state index < -0.39 is 6.36 Å². The van der Waals surface area contributed by atoms with Gasteiger partial charge < -0.3 is 15.4 Å². The molecule has 1 heterocycles. The quantitative estimate of drug-likeness (QED) is 0.642. The third kappa shape index (κ3) is 9.40. The Kier molecular flexibility index (Phi) is 8.54. The van der Waals surface area contributed by atoms with Crippen LogP contribution in [0, 0.1) is 0 Å². The number of rotatable bonds is 4. The van der Waals surface area contributed by atoms with Crippen LogP contribution in [0.4, 0.5) is 13.2 Å². The van der Waals surface area contributed by atoms with Crippen molar-refractivity contribution in [2.75, 3.05) is 13.1 Å². The Bertz CT molecular complexity index is 695. The Morgan fingerprint density at radius 3 is 2.22 bits per heavy atom. The van der Waals surface area contributed by atoms with Gasteiger partial charge >= 0.3 is 6.36 Å². The van der Waals surface area contributed by atoms with E-state index in [9.17, 15) is 13.2 Å².